The first-order valence-electron chi connectivity index (χ1n) is 5.28. The first-order chi connectivity index (χ1) is 8.06. The van der Waals surface area contributed by atoms with Crippen LogP contribution in [0.15, 0.2) is 35.1 Å². The van der Waals surface area contributed by atoms with Crippen molar-refractivity contribution in [1.29, 1.82) is 0 Å². The van der Waals surface area contributed by atoms with Gasteiger partial charge in [0.15, 0.2) is 0 Å². The molecule has 0 bridgehead atoms. The Bertz CT molecular complexity index is 522. The highest BCUT2D eigenvalue weighted by Crippen LogP contribution is 2.22. The van der Waals surface area contributed by atoms with Gasteiger partial charge in [0.2, 0.25) is 0 Å². The molecule has 0 aliphatic rings. The van der Waals surface area contributed by atoms with Gasteiger partial charge in [-0.25, -0.2) is 0 Å². The van der Waals surface area contributed by atoms with Crippen LogP contribution in [0.1, 0.15) is 24.1 Å². The number of aromatic nitrogens is 2. The summed E-state index contributed by atoms with van der Waals surface area (Å²) in [5, 5.41) is 5.00. The number of rotatable bonds is 3. The van der Waals surface area contributed by atoms with Crippen molar-refractivity contribution in [2.75, 3.05) is 0 Å². The van der Waals surface area contributed by atoms with Crippen LogP contribution in [0.5, 0.6) is 0 Å². The third kappa shape index (κ3) is 3.09. The van der Waals surface area contributed by atoms with E-state index in [4.69, 9.17) is 17.3 Å². The molecule has 17 heavy (non-hydrogen) atoms. The molecule has 1 heterocycles. The standard InChI is InChI=1S/C12H13BrClN3/c1-8(15)10-5-16-17(7-10)6-9-2-3-11(13)4-12(9)14/h2-5,7-8H,6,15H2,1H3. The van der Waals surface area contributed by atoms with Gasteiger partial charge in [-0.2, -0.15) is 5.10 Å². The Hall–Kier alpha value is -0.840. The van der Waals surface area contributed by atoms with Gasteiger partial charge in [-0.15, -0.1) is 0 Å². The molecule has 3 nitrogen and oxygen atoms in total. The van der Waals surface area contributed by atoms with E-state index in [1.807, 2.05) is 36.0 Å². The number of hydrogen-bond acceptors (Lipinski definition) is 2. The molecule has 0 saturated heterocycles. The van der Waals surface area contributed by atoms with Gasteiger partial charge >= 0.3 is 0 Å². The van der Waals surface area contributed by atoms with E-state index >= 15 is 0 Å². The van der Waals surface area contributed by atoms with Crippen molar-refractivity contribution in [2.45, 2.75) is 19.5 Å². The lowest BCUT2D eigenvalue weighted by atomic mass is 10.2. The lowest BCUT2D eigenvalue weighted by Gasteiger charge is -2.05. The van der Waals surface area contributed by atoms with E-state index in [0.717, 1.165) is 20.6 Å². The van der Waals surface area contributed by atoms with Crippen LogP contribution in [0.25, 0.3) is 0 Å². The van der Waals surface area contributed by atoms with Gasteiger partial charge in [-0.1, -0.05) is 33.6 Å². The normalized spacial score (nSPS) is 12.7. The molecule has 2 rings (SSSR count). The first kappa shape index (κ1) is 12.6. The quantitative estimate of drug-likeness (QED) is 0.944. The summed E-state index contributed by atoms with van der Waals surface area (Å²) in [6, 6.07) is 5.84. The van der Waals surface area contributed by atoms with E-state index < -0.39 is 0 Å². The molecule has 0 radical (unpaired) electrons. The zero-order chi connectivity index (χ0) is 12.4. The van der Waals surface area contributed by atoms with Crippen molar-refractivity contribution in [1.82, 2.24) is 9.78 Å². The van der Waals surface area contributed by atoms with Crippen LogP contribution in [0.3, 0.4) is 0 Å². The Morgan fingerprint density at radius 3 is 2.88 bits per heavy atom. The molecular formula is C12H13BrClN3. The predicted molar refractivity (Wildman–Crippen MR) is 73.1 cm³/mol. The molecule has 0 saturated carbocycles. The first-order valence-corrected chi connectivity index (χ1v) is 6.45. The summed E-state index contributed by atoms with van der Waals surface area (Å²) in [6.45, 7) is 2.59. The van der Waals surface area contributed by atoms with Crippen LogP contribution in [0.4, 0.5) is 0 Å². The van der Waals surface area contributed by atoms with Gasteiger partial charge in [0.1, 0.15) is 0 Å². The average Bonchev–Trinajstić information content (AvgIpc) is 2.71. The molecule has 1 atom stereocenters. The number of nitrogens with zero attached hydrogens (tertiary/aromatic N) is 2. The second-order valence-electron chi connectivity index (χ2n) is 4.00. The fourth-order valence-corrected chi connectivity index (χ4v) is 2.26. The lowest BCUT2D eigenvalue weighted by Crippen LogP contribution is -2.04. The van der Waals surface area contributed by atoms with Crippen molar-refractivity contribution in [2.24, 2.45) is 5.73 Å². The van der Waals surface area contributed by atoms with E-state index in [2.05, 4.69) is 21.0 Å². The highest BCUT2D eigenvalue weighted by molar-refractivity contribution is 9.10. The third-order valence-electron chi connectivity index (χ3n) is 2.53. The van der Waals surface area contributed by atoms with Crippen LogP contribution < -0.4 is 5.73 Å². The van der Waals surface area contributed by atoms with Gasteiger partial charge in [-0.05, 0) is 24.6 Å². The zero-order valence-electron chi connectivity index (χ0n) is 9.40. The molecule has 2 N–H and O–H groups in total. The fourth-order valence-electron chi connectivity index (χ4n) is 1.53. The number of nitrogens with two attached hydrogens (primary N) is 1. The maximum absolute atomic E-state index is 6.15. The van der Waals surface area contributed by atoms with Crippen molar-refractivity contribution >= 4 is 27.5 Å². The molecule has 0 amide bonds. The van der Waals surface area contributed by atoms with Crippen LogP contribution >= 0.6 is 27.5 Å². The largest absolute Gasteiger partial charge is 0.324 e. The molecular weight excluding hydrogens is 302 g/mol. The van der Waals surface area contributed by atoms with Gasteiger partial charge in [-0.3, -0.25) is 4.68 Å². The van der Waals surface area contributed by atoms with E-state index in [1.54, 1.807) is 6.20 Å². The Morgan fingerprint density at radius 2 is 2.29 bits per heavy atom. The summed E-state index contributed by atoms with van der Waals surface area (Å²) in [7, 11) is 0. The van der Waals surface area contributed by atoms with Gasteiger partial charge in [0, 0.05) is 27.3 Å². The Kier molecular flexibility index (Phi) is 3.86. The molecule has 2 aromatic rings. The predicted octanol–water partition coefficient (Wildman–Crippen LogP) is 3.37. The fraction of sp³-hybridized carbons (Fsp3) is 0.250. The minimum atomic E-state index is 0.00383. The summed E-state index contributed by atoms with van der Waals surface area (Å²) in [6.07, 6.45) is 3.74. The SMILES string of the molecule is CC(N)c1cnn(Cc2ccc(Br)cc2Cl)c1. The second-order valence-corrected chi connectivity index (χ2v) is 5.32. The summed E-state index contributed by atoms with van der Waals surface area (Å²) in [5.41, 5.74) is 7.85. The van der Waals surface area contributed by atoms with E-state index in [9.17, 15) is 0 Å². The van der Waals surface area contributed by atoms with Crippen molar-refractivity contribution in [3.8, 4) is 0 Å². The number of halogens is 2. The van der Waals surface area contributed by atoms with Crippen LogP contribution in [-0.2, 0) is 6.54 Å². The third-order valence-corrected chi connectivity index (χ3v) is 3.37. The Morgan fingerprint density at radius 1 is 1.53 bits per heavy atom. The monoisotopic (exact) mass is 313 g/mol. The van der Waals surface area contributed by atoms with Crippen molar-refractivity contribution in [3.05, 3.63) is 51.2 Å². The van der Waals surface area contributed by atoms with Gasteiger partial charge in [0.05, 0.1) is 12.7 Å². The summed E-state index contributed by atoms with van der Waals surface area (Å²) in [5.74, 6) is 0. The molecule has 0 aliphatic carbocycles. The van der Waals surface area contributed by atoms with Crippen LogP contribution in [0, 0.1) is 0 Å². The summed E-state index contributed by atoms with van der Waals surface area (Å²) >= 11 is 9.53. The molecule has 1 aromatic carbocycles. The van der Waals surface area contributed by atoms with E-state index in [-0.39, 0.29) is 6.04 Å². The molecule has 5 heteroatoms. The summed E-state index contributed by atoms with van der Waals surface area (Å²) in [4.78, 5) is 0. The van der Waals surface area contributed by atoms with Crippen LogP contribution in [0.2, 0.25) is 5.02 Å². The topological polar surface area (TPSA) is 43.8 Å². The van der Waals surface area contributed by atoms with Gasteiger partial charge in [0.25, 0.3) is 0 Å². The zero-order valence-corrected chi connectivity index (χ0v) is 11.7. The highest BCUT2D eigenvalue weighted by atomic mass is 79.9. The highest BCUT2D eigenvalue weighted by Gasteiger charge is 2.06. The number of hydrogen-bond donors (Lipinski definition) is 1. The Labute approximate surface area is 114 Å². The Balaban J connectivity index is 2.19. The maximum atomic E-state index is 6.15. The molecule has 1 unspecified atom stereocenters. The smallest absolute Gasteiger partial charge is 0.0674 e. The molecule has 0 spiro atoms. The van der Waals surface area contributed by atoms with Crippen molar-refractivity contribution < 1.29 is 0 Å². The molecule has 1 aromatic heterocycles. The van der Waals surface area contributed by atoms with E-state index in [0.29, 0.717) is 6.54 Å². The maximum Gasteiger partial charge on any atom is 0.0674 e. The molecule has 90 valence electrons. The second kappa shape index (κ2) is 5.21. The van der Waals surface area contributed by atoms with Gasteiger partial charge < -0.3 is 5.73 Å². The number of benzene rings is 1. The average molecular weight is 315 g/mol. The van der Waals surface area contributed by atoms with Crippen molar-refractivity contribution in [3.63, 3.8) is 0 Å². The minimum absolute atomic E-state index is 0.00383. The minimum Gasteiger partial charge on any atom is -0.324 e. The summed E-state index contributed by atoms with van der Waals surface area (Å²) < 4.78 is 2.82. The lowest BCUT2D eigenvalue weighted by molar-refractivity contribution is 0.684. The van der Waals surface area contributed by atoms with E-state index in [1.165, 1.54) is 0 Å². The molecule has 0 aliphatic heterocycles. The molecule has 0 fully saturated rings. The van der Waals surface area contributed by atoms with Crippen LogP contribution in [-0.4, -0.2) is 9.78 Å².